The topological polar surface area (TPSA) is 93.1 Å². The Labute approximate surface area is 188 Å². The summed E-state index contributed by atoms with van der Waals surface area (Å²) in [7, 11) is 0. The van der Waals surface area contributed by atoms with Gasteiger partial charge in [-0.15, -0.1) is 0 Å². The third-order valence-electron chi connectivity index (χ3n) is 6.41. The first-order chi connectivity index (χ1) is 15.5. The van der Waals surface area contributed by atoms with Gasteiger partial charge in [-0.2, -0.15) is 0 Å². The van der Waals surface area contributed by atoms with Crippen molar-refractivity contribution >= 4 is 11.9 Å². The van der Waals surface area contributed by atoms with Crippen molar-refractivity contribution in [3.63, 3.8) is 0 Å². The second-order valence-corrected chi connectivity index (χ2v) is 8.83. The van der Waals surface area contributed by atoms with Gasteiger partial charge in [0.1, 0.15) is 12.2 Å². The summed E-state index contributed by atoms with van der Waals surface area (Å²) >= 11 is 0. The van der Waals surface area contributed by atoms with Gasteiger partial charge in [-0.25, -0.2) is 9.59 Å². The van der Waals surface area contributed by atoms with Gasteiger partial charge in [0.25, 0.3) is 0 Å². The molecule has 0 radical (unpaired) electrons. The standard InChI is InChI=1S/C26H30O6/c27-21-9-13-23(14-10-21)31-25(29)19-5-1-17(2-6-19)18-3-7-20(8-4-18)26(30)32-24-15-11-22(28)12-16-24/h1-8,21-24,27-28H,9-16H2. The average Bonchev–Trinajstić information content (AvgIpc) is 2.82. The van der Waals surface area contributed by atoms with Crippen molar-refractivity contribution in [3.8, 4) is 11.1 Å². The van der Waals surface area contributed by atoms with Crippen LogP contribution in [0.2, 0.25) is 0 Å². The number of benzene rings is 2. The van der Waals surface area contributed by atoms with Gasteiger partial charge in [-0.05, 0) is 86.8 Å². The highest BCUT2D eigenvalue weighted by molar-refractivity contribution is 5.91. The van der Waals surface area contributed by atoms with Crippen molar-refractivity contribution in [2.75, 3.05) is 0 Å². The molecule has 2 aromatic rings. The van der Waals surface area contributed by atoms with Crippen molar-refractivity contribution in [1.82, 2.24) is 0 Å². The molecule has 0 saturated heterocycles. The predicted octanol–water partition coefficient (Wildman–Crippen LogP) is 4.27. The molecule has 2 aromatic carbocycles. The summed E-state index contributed by atoms with van der Waals surface area (Å²) in [6, 6.07) is 14.4. The maximum absolute atomic E-state index is 12.4. The third-order valence-corrected chi connectivity index (χ3v) is 6.41. The molecule has 2 aliphatic carbocycles. The monoisotopic (exact) mass is 438 g/mol. The van der Waals surface area contributed by atoms with Crippen LogP contribution in [0.5, 0.6) is 0 Å². The number of ether oxygens (including phenoxy) is 2. The molecule has 0 spiro atoms. The zero-order valence-corrected chi connectivity index (χ0v) is 18.1. The summed E-state index contributed by atoms with van der Waals surface area (Å²) in [4.78, 5) is 24.8. The Bertz CT molecular complexity index is 827. The summed E-state index contributed by atoms with van der Waals surface area (Å²) < 4.78 is 11.1. The van der Waals surface area contributed by atoms with Gasteiger partial charge in [-0.1, -0.05) is 24.3 Å². The quantitative estimate of drug-likeness (QED) is 0.677. The molecular formula is C26H30O6. The van der Waals surface area contributed by atoms with Crippen LogP contribution in [0, 0.1) is 0 Å². The van der Waals surface area contributed by atoms with Crippen LogP contribution in [0.4, 0.5) is 0 Å². The van der Waals surface area contributed by atoms with Gasteiger partial charge in [0.2, 0.25) is 0 Å². The molecule has 32 heavy (non-hydrogen) atoms. The van der Waals surface area contributed by atoms with Crippen LogP contribution in [0.3, 0.4) is 0 Å². The van der Waals surface area contributed by atoms with Gasteiger partial charge >= 0.3 is 11.9 Å². The van der Waals surface area contributed by atoms with Crippen molar-refractivity contribution in [2.24, 2.45) is 0 Å². The van der Waals surface area contributed by atoms with Crippen LogP contribution >= 0.6 is 0 Å². The Morgan fingerprint density at radius 2 is 0.875 bits per heavy atom. The molecule has 0 amide bonds. The van der Waals surface area contributed by atoms with Crippen LogP contribution in [-0.2, 0) is 9.47 Å². The number of carbonyl (C=O) groups excluding carboxylic acids is 2. The Kier molecular flexibility index (Phi) is 7.22. The number of aliphatic hydroxyl groups is 2. The SMILES string of the molecule is O=C(OC1CCC(O)CC1)c1ccc(-c2ccc(C(=O)OC3CCC(O)CC3)cc2)cc1. The van der Waals surface area contributed by atoms with Crippen LogP contribution < -0.4 is 0 Å². The lowest BCUT2D eigenvalue weighted by molar-refractivity contribution is 0.00418. The summed E-state index contributed by atoms with van der Waals surface area (Å²) in [5.41, 5.74) is 2.86. The van der Waals surface area contributed by atoms with E-state index >= 15 is 0 Å². The second-order valence-electron chi connectivity index (χ2n) is 8.83. The van der Waals surface area contributed by atoms with Crippen LogP contribution in [0.25, 0.3) is 11.1 Å². The van der Waals surface area contributed by atoms with Crippen molar-refractivity contribution in [1.29, 1.82) is 0 Å². The molecule has 170 valence electrons. The molecule has 0 aromatic heterocycles. The van der Waals surface area contributed by atoms with E-state index in [-0.39, 0.29) is 36.4 Å². The van der Waals surface area contributed by atoms with Crippen molar-refractivity contribution in [2.45, 2.75) is 75.8 Å². The highest BCUT2D eigenvalue weighted by Gasteiger charge is 2.24. The molecule has 0 bridgehead atoms. The van der Waals surface area contributed by atoms with E-state index in [1.165, 1.54) is 0 Å². The number of hydrogen-bond acceptors (Lipinski definition) is 6. The van der Waals surface area contributed by atoms with E-state index in [4.69, 9.17) is 9.47 Å². The lowest BCUT2D eigenvalue weighted by Crippen LogP contribution is -2.26. The highest BCUT2D eigenvalue weighted by atomic mass is 16.5. The molecule has 6 heteroatoms. The second kappa shape index (κ2) is 10.3. The van der Waals surface area contributed by atoms with Crippen LogP contribution in [-0.4, -0.2) is 46.6 Å². The Morgan fingerprint density at radius 3 is 1.19 bits per heavy atom. The molecule has 6 nitrogen and oxygen atoms in total. The van der Waals surface area contributed by atoms with E-state index in [1.807, 2.05) is 24.3 Å². The molecule has 2 aliphatic rings. The lowest BCUT2D eigenvalue weighted by Gasteiger charge is -2.25. The maximum atomic E-state index is 12.4. The minimum atomic E-state index is -0.341. The van der Waals surface area contributed by atoms with Crippen LogP contribution in [0.15, 0.2) is 48.5 Å². The van der Waals surface area contributed by atoms with E-state index in [1.54, 1.807) is 24.3 Å². The molecule has 2 N–H and O–H groups in total. The van der Waals surface area contributed by atoms with E-state index in [2.05, 4.69) is 0 Å². The highest BCUT2D eigenvalue weighted by Crippen LogP contribution is 2.25. The average molecular weight is 439 g/mol. The van der Waals surface area contributed by atoms with Crippen molar-refractivity contribution < 1.29 is 29.3 Å². The molecule has 0 unspecified atom stereocenters. The number of aliphatic hydroxyl groups excluding tert-OH is 2. The summed E-state index contributed by atoms with van der Waals surface area (Å²) in [6.07, 6.45) is 4.66. The zero-order chi connectivity index (χ0) is 22.5. The number of hydrogen-bond donors (Lipinski definition) is 2. The first-order valence-corrected chi connectivity index (χ1v) is 11.5. The normalized spacial score (nSPS) is 25.7. The number of rotatable bonds is 5. The number of carbonyl (C=O) groups is 2. The van der Waals surface area contributed by atoms with Gasteiger partial charge < -0.3 is 19.7 Å². The molecule has 4 rings (SSSR count). The van der Waals surface area contributed by atoms with E-state index in [0.29, 0.717) is 62.5 Å². The van der Waals surface area contributed by atoms with Gasteiger partial charge in [0.15, 0.2) is 0 Å². The van der Waals surface area contributed by atoms with Crippen molar-refractivity contribution in [3.05, 3.63) is 59.7 Å². The molecule has 0 heterocycles. The molecule has 0 atom stereocenters. The minimum Gasteiger partial charge on any atom is -0.459 e. The Morgan fingerprint density at radius 1 is 0.562 bits per heavy atom. The van der Waals surface area contributed by atoms with E-state index in [9.17, 15) is 19.8 Å². The smallest absolute Gasteiger partial charge is 0.338 e. The fourth-order valence-electron chi connectivity index (χ4n) is 4.36. The maximum Gasteiger partial charge on any atom is 0.338 e. The Balaban J connectivity index is 1.32. The fourth-order valence-corrected chi connectivity index (χ4v) is 4.36. The first-order valence-electron chi connectivity index (χ1n) is 11.5. The van der Waals surface area contributed by atoms with Crippen LogP contribution in [0.1, 0.15) is 72.1 Å². The fraction of sp³-hybridized carbons (Fsp3) is 0.462. The number of esters is 2. The largest absolute Gasteiger partial charge is 0.459 e. The lowest BCUT2D eigenvalue weighted by atomic mass is 9.95. The molecular weight excluding hydrogens is 408 g/mol. The molecule has 0 aliphatic heterocycles. The van der Waals surface area contributed by atoms with Gasteiger partial charge in [0.05, 0.1) is 23.3 Å². The van der Waals surface area contributed by atoms with E-state index in [0.717, 1.165) is 11.1 Å². The zero-order valence-electron chi connectivity index (χ0n) is 18.1. The van der Waals surface area contributed by atoms with Gasteiger partial charge in [0, 0.05) is 0 Å². The summed E-state index contributed by atoms with van der Waals surface area (Å²) in [5, 5.41) is 19.1. The predicted molar refractivity (Wildman–Crippen MR) is 119 cm³/mol. The minimum absolute atomic E-state index is 0.128. The first kappa shape index (κ1) is 22.5. The Hall–Kier alpha value is -2.70. The third kappa shape index (κ3) is 5.75. The summed E-state index contributed by atoms with van der Waals surface area (Å²) in [5.74, 6) is -0.683. The van der Waals surface area contributed by atoms with E-state index < -0.39 is 0 Å². The molecule has 2 saturated carbocycles. The van der Waals surface area contributed by atoms with Gasteiger partial charge in [-0.3, -0.25) is 0 Å². The molecule has 2 fully saturated rings. The summed E-state index contributed by atoms with van der Waals surface area (Å²) in [6.45, 7) is 0.